The Hall–Kier alpha value is -4.12. The Morgan fingerprint density at radius 1 is 1.22 bits per heavy atom. The first-order valence-electron chi connectivity index (χ1n) is 9.29. The van der Waals surface area contributed by atoms with E-state index < -0.39 is 22.1 Å². The van der Waals surface area contributed by atoms with E-state index in [1.807, 2.05) is 0 Å². The summed E-state index contributed by atoms with van der Waals surface area (Å²) in [7, 11) is 0. The molecule has 0 fully saturated rings. The number of esters is 1. The average molecular weight is 459 g/mol. The van der Waals surface area contributed by atoms with Crippen molar-refractivity contribution in [2.75, 3.05) is 6.61 Å². The summed E-state index contributed by atoms with van der Waals surface area (Å²) in [5.41, 5.74) is -0.527. The second kappa shape index (κ2) is 9.79. The van der Waals surface area contributed by atoms with E-state index in [-0.39, 0.29) is 24.6 Å². The number of nitrogens with one attached hydrogen (secondary N) is 1. The number of nitrogens with zero attached hydrogens (tertiary/aromatic N) is 4. The van der Waals surface area contributed by atoms with E-state index in [9.17, 15) is 24.5 Å². The van der Waals surface area contributed by atoms with Crippen LogP contribution in [0.1, 0.15) is 33.3 Å². The van der Waals surface area contributed by atoms with Gasteiger partial charge in [0.1, 0.15) is 0 Å². The SMILES string of the molecule is CCOC(=O)c1c(=O)n(/N=C\c2ccc([N+](=O)[O-])cc2)[nH][n+]1CC(=O)c1ccc(Cl)cc1. The molecule has 0 amide bonds. The summed E-state index contributed by atoms with van der Waals surface area (Å²) in [6, 6.07) is 11.6. The zero-order valence-electron chi connectivity index (χ0n) is 16.7. The summed E-state index contributed by atoms with van der Waals surface area (Å²) in [6.45, 7) is 1.25. The van der Waals surface area contributed by atoms with Crippen LogP contribution in [-0.2, 0) is 11.3 Å². The highest BCUT2D eigenvalue weighted by atomic mass is 35.5. The van der Waals surface area contributed by atoms with Gasteiger partial charge in [0, 0.05) is 27.5 Å². The van der Waals surface area contributed by atoms with Gasteiger partial charge < -0.3 is 4.74 Å². The van der Waals surface area contributed by atoms with Gasteiger partial charge in [0.2, 0.25) is 5.78 Å². The first-order valence-corrected chi connectivity index (χ1v) is 9.67. The topological polar surface area (TPSA) is 141 Å². The molecule has 0 saturated heterocycles. The number of ether oxygens (including phenoxy) is 1. The number of rotatable bonds is 8. The minimum Gasteiger partial charge on any atom is -0.459 e. The molecule has 0 aliphatic rings. The molecule has 164 valence electrons. The van der Waals surface area contributed by atoms with Crippen LogP contribution in [0.4, 0.5) is 5.69 Å². The number of carbonyl (C=O) groups excluding carboxylic acids is 2. The molecule has 1 N–H and O–H groups in total. The maximum absolute atomic E-state index is 12.7. The lowest BCUT2D eigenvalue weighted by molar-refractivity contribution is -0.744. The molecule has 0 saturated carbocycles. The van der Waals surface area contributed by atoms with Crippen LogP contribution in [0.3, 0.4) is 0 Å². The van der Waals surface area contributed by atoms with E-state index in [2.05, 4.69) is 10.3 Å². The molecule has 12 heteroatoms. The van der Waals surface area contributed by atoms with Crippen molar-refractivity contribution in [3.8, 4) is 0 Å². The van der Waals surface area contributed by atoms with E-state index in [1.165, 1.54) is 42.6 Å². The third-order valence-electron chi connectivity index (χ3n) is 4.24. The Balaban J connectivity index is 1.92. The second-order valence-electron chi connectivity index (χ2n) is 6.40. The van der Waals surface area contributed by atoms with Gasteiger partial charge in [0.25, 0.3) is 5.69 Å². The van der Waals surface area contributed by atoms with E-state index in [4.69, 9.17) is 16.3 Å². The predicted molar refractivity (Wildman–Crippen MR) is 113 cm³/mol. The van der Waals surface area contributed by atoms with E-state index in [0.717, 1.165) is 9.47 Å². The number of hydrogen-bond acceptors (Lipinski definition) is 7. The van der Waals surface area contributed by atoms with Crippen LogP contribution in [0.15, 0.2) is 58.4 Å². The molecule has 0 radical (unpaired) electrons. The van der Waals surface area contributed by atoms with Gasteiger partial charge in [-0.05, 0) is 48.9 Å². The molecule has 0 unspecified atom stereocenters. The molecular formula is C20H17ClN5O6+. The highest BCUT2D eigenvalue weighted by molar-refractivity contribution is 6.30. The number of carbonyl (C=O) groups is 2. The van der Waals surface area contributed by atoms with E-state index in [1.54, 1.807) is 19.1 Å². The van der Waals surface area contributed by atoms with Gasteiger partial charge in [-0.3, -0.25) is 14.9 Å². The molecule has 0 aliphatic carbocycles. The molecule has 3 rings (SSSR count). The Bertz CT molecular complexity index is 1240. The standard InChI is InChI=1S/C20H16ClN5O6/c1-2-32-20(29)18-19(28)25(22-11-13-3-9-16(10-4-13)26(30)31)23-24(18)12-17(27)14-5-7-15(21)8-6-14/h3-11H,2,12H2,1H3/p+1/b22-11-. The normalized spacial score (nSPS) is 10.9. The summed E-state index contributed by atoms with van der Waals surface area (Å²) < 4.78 is 5.97. The fourth-order valence-electron chi connectivity index (χ4n) is 2.69. The lowest BCUT2D eigenvalue weighted by Crippen LogP contribution is -2.46. The van der Waals surface area contributed by atoms with Gasteiger partial charge >= 0.3 is 17.2 Å². The van der Waals surface area contributed by atoms with Crippen molar-refractivity contribution in [2.45, 2.75) is 13.5 Å². The smallest absolute Gasteiger partial charge is 0.434 e. The van der Waals surface area contributed by atoms with Crippen LogP contribution in [0.5, 0.6) is 0 Å². The van der Waals surface area contributed by atoms with E-state index >= 15 is 0 Å². The van der Waals surface area contributed by atoms with Crippen molar-refractivity contribution in [2.24, 2.45) is 5.10 Å². The number of aromatic amines is 1. The quantitative estimate of drug-likeness (QED) is 0.137. The largest absolute Gasteiger partial charge is 0.459 e. The Kier molecular flexibility index (Phi) is 6.90. The highest BCUT2D eigenvalue weighted by Crippen LogP contribution is 2.11. The number of nitro benzene ring substituents is 1. The number of hydrogen-bond donors (Lipinski definition) is 1. The van der Waals surface area contributed by atoms with Gasteiger partial charge in [-0.2, -0.15) is 0 Å². The zero-order valence-corrected chi connectivity index (χ0v) is 17.5. The van der Waals surface area contributed by atoms with Crippen LogP contribution in [-0.4, -0.2) is 39.5 Å². The molecule has 0 atom stereocenters. The molecule has 0 aliphatic heterocycles. The number of ketones is 1. The minimum absolute atomic E-state index is 0.0284. The third-order valence-corrected chi connectivity index (χ3v) is 4.50. The first kappa shape index (κ1) is 22.6. The molecule has 2 aromatic carbocycles. The van der Waals surface area contributed by atoms with Crippen molar-refractivity contribution in [1.82, 2.24) is 10.0 Å². The van der Waals surface area contributed by atoms with Crippen molar-refractivity contribution in [1.29, 1.82) is 0 Å². The highest BCUT2D eigenvalue weighted by Gasteiger charge is 2.31. The van der Waals surface area contributed by atoms with Gasteiger partial charge in [-0.1, -0.05) is 21.9 Å². The maximum Gasteiger partial charge on any atom is 0.434 e. The zero-order chi connectivity index (χ0) is 23.3. The van der Waals surface area contributed by atoms with Crippen molar-refractivity contribution < 1.29 is 23.9 Å². The number of non-ortho nitro benzene ring substituents is 1. The molecule has 3 aromatic rings. The number of H-pyrrole nitrogens is 1. The molecular weight excluding hydrogens is 442 g/mol. The monoisotopic (exact) mass is 458 g/mol. The van der Waals surface area contributed by atoms with Crippen LogP contribution >= 0.6 is 11.6 Å². The summed E-state index contributed by atoms with van der Waals surface area (Å²) in [5, 5.41) is 17.7. The summed E-state index contributed by atoms with van der Waals surface area (Å²) >= 11 is 5.83. The van der Waals surface area contributed by atoms with Crippen molar-refractivity contribution in [3.05, 3.63) is 90.8 Å². The lowest BCUT2D eigenvalue weighted by atomic mass is 10.1. The number of benzene rings is 2. The Labute approximate surface area is 185 Å². The fourth-order valence-corrected chi connectivity index (χ4v) is 2.82. The second-order valence-corrected chi connectivity index (χ2v) is 6.83. The third kappa shape index (κ3) is 5.13. The first-order chi connectivity index (χ1) is 15.3. The number of Topliss-reactive ketones (excluding diaryl/α,β-unsaturated/α-hetero) is 1. The minimum atomic E-state index is -0.915. The van der Waals surface area contributed by atoms with Crippen molar-refractivity contribution in [3.63, 3.8) is 0 Å². The molecule has 11 nitrogen and oxygen atoms in total. The Morgan fingerprint density at radius 2 is 1.88 bits per heavy atom. The molecule has 0 spiro atoms. The fraction of sp³-hybridized carbons (Fsp3) is 0.150. The molecule has 1 heterocycles. The van der Waals surface area contributed by atoms with Gasteiger partial charge in [0.05, 0.1) is 17.7 Å². The average Bonchev–Trinajstić information content (AvgIpc) is 3.08. The van der Waals surface area contributed by atoms with Gasteiger partial charge in [-0.25, -0.2) is 9.59 Å². The van der Waals surface area contributed by atoms with Gasteiger partial charge in [0.15, 0.2) is 6.54 Å². The number of nitro groups is 1. The van der Waals surface area contributed by atoms with Crippen LogP contribution in [0, 0.1) is 10.1 Å². The van der Waals surface area contributed by atoms with Crippen molar-refractivity contribution >= 4 is 35.3 Å². The molecule has 0 bridgehead atoms. The number of aromatic nitrogens is 3. The lowest BCUT2D eigenvalue weighted by Gasteiger charge is -2.01. The van der Waals surface area contributed by atoms with Crippen LogP contribution < -0.4 is 10.2 Å². The summed E-state index contributed by atoms with van der Waals surface area (Å²) in [5.74, 6) is -1.30. The summed E-state index contributed by atoms with van der Waals surface area (Å²) in [6.07, 6.45) is 1.27. The maximum atomic E-state index is 12.7. The predicted octanol–water partition coefficient (Wildman–Crippen LogP) is 1.97. The number of halogens is 1. The molecule has 32 heavy (non-hydrogen) atoms. The van der Waals surface area contributed by atoms with Gasteiger partial charge in [-0.15, -0.1) is 4.68 Å². The Morgan fingerprint density at radius 3 is 2.47 bits per heavy atom. The van der Waals surface area contributed by atoms with E-state index in [0.29, 0.717) is 16.1 Å². The summed E-state index contributed by atoms with van der Waals surface area (Å²) in [4.78, 5) is 48.6. The van der Waals surface area contributed by atoms with Crippen LogP contribution in [0.25, 0.3) is 0 Å². The van der Waals surface area contributed by atoms with Crippen LogP contribution in [0.2, 0.25) is 5.02 Å². The molecule has 1 aromatic heterocycles.